The van der Waals surface area contributed by atoms with Gasteiger partial charge in [-0.05, 0) is 43.3 Å². The first-order valence-corrected chi connectivity index (χ1v) is 14.9. The van der Waals surface area contributed by atoms with Crippen LogP contribution >= 0.6 is 0 Å². The van der Waals surface area contributed by atoms with Gasteiger partial charge in [0, 0.05) is 56.2 Å². The molecule has 0 spiro atoms. The summed E-state index contributed by atoms with van der Waals surface area (Å²) in [6.07, 6.45) is 1.22. The van der Waals surface area contributed by atoms with Gasteiger partial charge < -0.3 is 25.8 Å². The van der Waals surface area contributed by atoms with E-state index >= 15 is 0 Å². The largest absolute Gasteiger partial charge is 0.488 e. The minimum atomic E-state index is -3.23. The van der Waals surface area contributed by atoms with Crippen LogP contribution in [0.5, 0.6) is 5.75 Å². The van der Waals surface area contributed by atoms with E-state index in [1.165, 1.54) is 10.6 Å². The third kappa shape index (κ3) is 7.88. The van der Waals surface area contributed by atoms with Crippen LogP contribution in [0, 0.1) is 0 Å². The van der Waals surface area contributed by atoms with Gasteiger partial charge in [0.2, 0.25) is 10.0 Å². The quantitative estimate of drug-likeness (QED) is 0.273. The number of urea groups is 1. The topological polar surface area (TPSA) is 149 Å². The smallest absolute Gasteiger partial charge is 0.323 e. The molecule has 3 aromatic rings. The number of nitrogens with zero attached hydrogens (tertiary/aromatic N) is 4. The summed E-state index contributed by atoms with van der Waals surface area (Å²) < 4.78 is 31.2. The summed E-state index contributed by atoms with van der Waals surface area (Å²) in [5.74, 6) is 1.42. The molecule has 12 nitrogen and oxygen atoms in total. The Kier molecular flexibility index (Phi) is 9.88. The lowest BCUT2D eigenvalue weighted by Crippen LogP contribution is -2.47. The lowest BCUT2D eigenvalue weighted by atomic mass is 10.1. The van der Waals surface area contributed by atoms with Crippen LogP contribution in [0.15, 0.2) is 54.6 Å². The molecule has 0 atom stereocenters. The zero-order valence-electron chi connectivity index (χ0n) is 22.6. The molecule has 0 unspecified atom stereocenters. The molecule has 13 heteroatoms. The highest BCUT2D eigenvalue weighted by Crippen LogP contribution is 2.31. The molecule has 1 aliphatic heterocycles. The summed E-state index contributed by atoms with van der Waals surface area (Å²) in [7, 11) is -3.23. The Balaban J connectivity index is 1.55. The minimum absolute atomic E-state index is 0.0842. The monoisotopic (exact) mass is 569 g/mol. The Morgan fingerprint density at radius 3 is 2.23 bits per heavy atom. The van der Waals surface area contributed by atoms with E-state index in [-0.39, 0.29) is 19.2 Å². The Morgan fingerprint density at radius 1 is 0.975 bits per heavy atom. The van der Waals surface area contributed by atoms with Gasteiger partial charge in [-0.15, -0.1) is 0 Å². The summed E-state index contributed by atoms with van der Waals surface area (Å²) in [6, 6.07) is 16.0. The Labute approximate surface area is 234 Å². The molecule has 0 bridgehead atoms. The molecule has 0 radical (unpaired) electrons. The molecular weight excluding hydrogens is 534 g/mol. The Morgan fingerprint density at radius 2 is 1.62 bits per heavy atom. The van der Waals surface area contributed by atoms with Crippen LogP contribution in [-0.4, -0.2) is 90.9 Å². The van der Waals surface area contributed by atoms with E-state index in [1.54, 1.807) is 24.3 Å². The van der Waals surface area contributed by atoms with Gasteiger partial charge in [-0.25, -0.2) is 23.2 Å². The van der Waals surface area contributed by atoms with Gasteiger partial charge in [-0.1, -0.05) is 18.2 Å². The molecule has 2 heterocycles. The number of aromatic nitrogens is 2. The second-order valence-corrected chi connectivity index (χ2v) is 11.2. The van der Waals surface area contributed by atoms with Crippen molar-refractivity contribution in [3.8, 4) is 17.1 Å². The van der Waals surface area contributed by atoms with Crippen LogP contribution in [0.4, 0.5) is 22.0 Å². The third-order valence-electron chi connectivity index (χ3n) is 6.23. The maximum Gasteiger partial charge on any atom is 0.323 e. The van der Waals surface area contributed by atoms with Crippen molar-refractivity contribution in [2.75, 3.05) is 68.1 Å². The van der Waals surface area contributed by atoms with E-state index in [2.05, 4.69) is 25.8 Å². The fourth-order valence-corrected chi connectivity index (χ4v) is 5.10. The van der Waals surface area contributed by atoms with Crippen molar-refractivity contribution in [2.24, 2.45) is 0 Å². The normalized spacial score (nSPS) is 14.5. The molecule has 1 fully saturated rings. The predicted molar refractivity (Wildman–Crippen MR) is 155 cm³/mol. The van der Waals surface area contributed by atoms with E-state index in [0.717, 1.165) is 5.56 Å². The van der Waals surface area contributed by atoms with Gasteiger partial charge in [-0.3, -0.25) is 4.90 Å². The number of sulfonamides is 1. The Hall–Kier alpha value is -3.78. The highest BCUT2D eigenvalue weighted by molar-refractivity contribution is 7.88. The number of carbonyl (C=O) groups excluding carboxylic acids is 1. The number of benzene rings is 2. The second kappa shape index (κ2) is 13.5. The van der Waals surface area contributed by atoms with Crippen LogP contribution in [0.3, 0.4) is 0 Å². The maximum absolute atomic E-state index is 12.4. The van der Waals surface area contributed by atoms with Crippen molar-refractivity contribution >= 4 is 33.2 Å². The van der Waals surface area contributed by atoms with E-state index in [9.17, 15) is 18.3 Å². The number of amides is 2. The molecule has 0 aliphatic carbocycles. The number of anilines is 3. The molecule has 0 saturated carbocycles. The minimum Gasteiger partial charge on any atom is -0.488 e. The van der Waals surface area contributed by atoms with Gasteiger partial charge in [0.05, 0.1) is 19.5 Å². The standard InChI is InChI=1S/C27H35N7O5S/c1-3-39-24-23(19-33-14-16-34(17-15-33)40(2,37)38)31-25(32-26(24)28-13-18-35)20-9-11-22(12-10-20)30-27(36)29-21-7-5-4-6-8-21/h4-12,35H,3,13-19H2,1-2H3,(H,28,31,32)(H2,29,30,36). The van der Waals surface area contributed by atoms with Crippen LogP contribution in [0.25, 0.3) is 11.4 Å². The average molecular weight is 570 g/mol. The van der Waals surface area contributed by atoms with E-state index in [0.29, 0.717) is 73.8 Å². The number of aliphatic hydroxyl groups excluding tert-OH is 1. The Bertz CT molecular complexity index is 1380. The van der Waals surface area contributed by atoms with Crippen molar-refractivity contribution in [2.45, 2.75) is 13.5 Å². The molecule has 1 aromatic heterocycles. The number of rotatable bonds is 11. The van der Waals surface area contributed by atoms with E-state index < -0.39 is 10.0 Å². The number of hydrogen-bond donors (Lipinski definition) is 4. The highest BCUT2D eigenvalue weighted by atomic mass is 32.2. The lowest BCUT2D eigenvalue weighted by Gasteiger charge is -2.33. The summed E-state index contributed by atoms with van der Waals surface area (Å²) >= 11 is 0. The lowest BCUT2D eigenvalue weighted by molar-refractivity contribution is 0.178. The molecule has 40 heavy (non-hydrogen) atoms. The fraction of sp³-hybridized carbons (Fsp3) is 0.370. The van der Waals surface area contributed by atoms with E-state index in [1.807, 2.05) is 37.3 Å². The number of nitrogens with one attached hydrogen (secondary N) is 3. The average Bonchev–Trinajstić information content (AvgIpc) is 2.94. The number of aliphatic hydroxyl groups is 1. The third-order valence-corrected chi connectivity index (χ3v) is 7.54. The summed E-state index contributed by atoms with van der Waals surface area (Å²) in [4.78, 5) is 24.0. The molecule has 2 aromatic carbocycles. The summed E-state index contributed by atoms with van der Waals surface area (Å²) in [6.45, 7) is 4.84. The zero-order chi connectivity index (χ0) is 28.5. The van der Waals surface area contributed by atoms with Crippen LogP contribution in [0.1, 0.15) is 12.6 Å². The second-order valence-electron chi connectivity index (χ2n) is 9.22. The van der Waals surface area contributed by atoms with E-state index in [4.69, 9.17) is 9.72 Å². The first-order valence-electron chi connectivity index (χ1n) is 13.1. The number of carbonyl (C=O) groups is 1. The first-order chi connectivity index (χ1) is 19.3. The molecule has 1 aliphatic rings. The van der Waals surface area contributed by atoms with Gasteiger partial charge in [0.15, 0.2) is 17.4 Å². The zero-order valence-corrected chi connectivity index (χ0v) is 23.4. The maximum atomic E-state index is 12.4. The molecular formula is C27H35N7O5S. The van der Waals surface area contributed by atoms with Crippen LogP contribution in [0.2, 0.25) is 0 Å². The van der Waals surface area contributed by atoms with Gasteiger partial charge in [-0.2, -0.15) is 4.31 Å². The number of para-hydroxylation sites is 1. The van der Waals surface area contributed by atoms with Crippen molar-refractivity contribution < 1.29 is 23.1 Å². The molecule has 4 N–H and O–H groups in total. The number of ether oxygens (including phenoxy) is 1. The van der Waals surface area contributed by atoms with Crippen LogP contribution < -0.4 is 20.7 Å². The molecule has 2 amide bonds. The summed E-state index contributed by atoms with van der Waals surface area (Å²) in [5.41, 5.74) is 2.68. The molecule has 1 saturated heterocycles. The first kappa shape index (κ1) is 29.2. The van der Waals surface area contributed by atoms with Crippen LogP contribution in [-0.2, 0) is 16.6 Å². The van der Waals surface area contributed by atoms with Crippen molar-refractivity contribution in [3.63, 3.8) is 0 Å². The van der Waals surface area contributed by atoms with Crippen molar-refractivity contribution in [1.29, 1.82) is 0 Å². The van der Waals surface area contributed by atoms with Gasteiger partial charge in [0.25, 0.3) is 0 Å². The molecule has 214 valence electrons. The number of hydrogen-bond acceptors (Lipinski definition) is 9. The van der Waals surface area contributed by atoms with Gasteiger partial charge in [0.1, 0.15) is 5.69 Å². The van der Waals surface area contributed by atoms with Crippen molar-refractivity contribution in [1.82, 2.24) is 19.2 Å². The highest BCUT2D eigenvalue weighted by Gasteiger charge is 2.26. The number of piperazine rings is 1. The van der Waals surface area contributed by atoms with Gasteiger partial charge >= 0.3 is 6.03 Å². The SMILES string of the molecule is CCOc1c(CN2CCN(S(C)(=O)=O)CC2)nc(-c2ccc(NC(=O)Nc3ccccc3)cc2)nc1NCCO. The molecule has 4 rings (SSSR count). The predicted octanol–water partition coefficient (Wildman–Crippen LogP) is 2.67. The fourth-order valence-electron chi connectivity index (χ4n) is 4.27. The summed E-state index contributed by atoms with van der Waals surface area (Å²) in [5, 5.41) is 18.1. The van der Waals surface area contributed by atoms with Crippen molar-refractivity contribution in [3.05, 3.63) is 60.3 Å².